The van der Waals surface area contributed by atoms with Crippen molar-refractivity contribution in [3.63, 3.8) is 0 Å². The Hall–Kier alpha value is -2.97. The highest BCUT2D eigenvalue weighted by Crippen LogP contribution is 2.29. The number of ether oxygens (including phenoxy) is 2. The van der Waals surface area contributed by atoms with E-state index in [1.54, 1.807) is 49.6 Å². The van der Waals surface area contributed by atoms with Crippen LogP contribution < -0.4 is 14.8 Å². The van der Waals surface area contributed by atoms with Crippen molar-refractivity contribution >= 4 is 29.3 Å². The van der Waals surface area contributed by atoms with E-state index in [0.29, 0.717) is 34.4 Å². The second-order valence-electron chi connectivity index (χ2n) is 5.74. The summed E-state index contributed by atoms with van der Waals surface area (Å²) in [5.41, 5.74) is 1.21. The Kier molecular flexibility index (Phi) is 7.72. The van der Waals surface area contributed by atoms with Crippen molar-refractivity contribution in [2.45, 2.75) is 19.8 Å². The number of hydrogen-bond donors (Lipinski definition) is 1. The molecule has 0 radical (unpaired) electrons. The zero-order chi connectivity index (χ0) is 19.6. The number of benzene rings is 2. The molecule has 0 bridgehead atoms. The topological polar surface area (TPSA) is 71.3 Å². The minimum absolute atomic E-state index is 0.0189. The van der Waals surface area contributed by atoms with Crippen molar-refractivity contribution < 1.29 is 14.3 Å². The maximum absolute atomic E-state index is 12.4. The quantitative estimate of drug-likeness (QED) is 0.391. The van der Waals surface area contributed by atoms with Crippen LogP contribution in [0.5, 0.6) is 11.5 Å². The van der Waals surface area contributed by atoms with Crippen molar-refractivity contribution in [1.82, 2.24) is 0 Å². The van der Waals surface area contributed by atoms with Gasteiger partial charge in [-0.3, -0.25) is 4.79 Å². The van der Waals surface area contributed by atoms with E-state index in [0.717, 1.165) is 12.8 Å². The molecule has 2 rings (SSSR count). The second-order valence-corrected chi connectivity index (χ2v) is 6.18. The molecule has 0 atom stereocenters. The third kappa shape index (κ3) is 6.05. The zero-order valence-electron chi connectivity index (χ0n) is 15.3. The van der Waals surface area contributed by atoms with Crippen LogP contribution in [0.2, 0.25) is 5.02 Å². The van der Waals surface area contributed by atoms with Crippen molar-refractivity contribution in [3.05, 3.63) is 58.6 Å². The van der Waals surface area contributed by atoms with Gasteiger partial charge >= 0.3 is 0 Å². The van der Waals surface area contributed by atoms with Gasteiger partial charge in [-0.15, -0.1) is 0 Å². The molecule has 0 heterocycles. The lowest BCUT2D eigenvalue weighted by molar-refractivity contribution is -0.112. The van der Waals surface area contributed by atoms with Crippen molar-refractivity contribution in [3.8, 4) is 17.6 Å². The molecule has 1 amide bonds. The third-order valence-corrected chi connectivity index (χ3v) is 3.97. The number of amides is 1. The smallest absolute Gasteiger partial charge is 0.266 e. The molecule has 0 spiro atoms. The van der Waals surface area contributed by atoms with E-state index >= 15 is 0 Å². The van der Waals surface area contributed by atoms with E-state index < -0.39 is 5.91 Å². The molecule has 2 aromatic carbocycles. The maximum atomic E-state index is 12.4. The summed E-state index contributed by atoms with van der Waals surface area (Å²) in [7, 11) is 1.57. The molecule has 6 heteroatoms. The number of unbranched alkanes of at least 4 members (excludes halogenated alkanes) is 1. The normalized spacial score (nSPS) is 10.8. The van der Waals surface area contributed by atoms with Crippen LogP contribution in [0.15, 0.2) is 48.0 Å². The number of carbonyl (C=O) groups is 1. The number of hydrogen-bond acceptors (Lipinski definition) is 4. The fourth-order valence-corrected chi connectivity index (χ4v) is 2.40. The van der Waals surface area contributed by atoms with E-state index in [-0.39, 0.29) is 5.57 Å². The number of halogens is 1. The molecule has 1 N–H and O–H groups in total. The Labute approximate surface area is 164 Å². The predicted molar refractivity (Wildman–Crippen MR) is 107 cm³/mol. The van der Waals surface area contributed by atoms with Gasteiger partial charge in [0.15, 0.2) is 11.5 Å². The van der Waals surface area contributed by atoms with Crippen LogP contribution in [0, 0.1) is 11.3 Å². The molecule has 0 saturated heterocycles. The molecular weight excluding hydrogens is 364 g/mol. The van der Waals surface area contributed by atoms with Crippen LogP contribution in [-0.2, 0) is 4.79 Å². The average Bonchev–Trinajstić information content (AvgIpc) is 2.68. The first-order chi connectivity index (χ1) is 13.1. The van der Waals surface area contributed by atoms with E-state index in [1.165, 1.54) is 6.08 Å². The summed E-state index contributed by atoms with van der Waals surface area (Å²) in [5.74, 6) is 0.687. The van der Waals surface area contributed by atoms with Gasteiger partial charge in [-0.25, -0.2) is 0 Å². The molecule has 0 aliphatic rings. The molecule has 5 nitrogen and oxygen atoms in total. The molecule has 0 unspecified atom stereocenters. The first-order valence-electron chi connectivity index (χ1n) is 8.57. The molecule has 0 aromatic heterocycles. The standard InChI is InChI=1S/C21H21ClN2O3/c1-3-4-11-27-20-13-15(5-10-19(20)26-2)12-16(14-23)21(25)24-18-8-6-17(22)7-9-18/h5-10,12-13H,3-4,11H2,1-2H3,(H,24,25)/b16-12+. The Bertz CT molecular complexity index is 855. The van der Waals surface area contributed by atoms with E-state index in [1.807, 2.05) is 6.07 Å². The third-order valence-electron chi connectivity index (χ3n) is 3.72. The van der Waals surface area contributed by atoms with E-state index in [4.69, 9.17) is 21.1 Å². The van der Waals surface area contributed by atoms with Gasteiger partial charge in [0.05, 0.1) is 13.7 Å². The van der Waals surface area contributed by atoms with Gasteiger partial charge in [-0.2, -0.15) is 5.26 Å². The summed E-state index contributed by atoms with van der Waals surface area (Å²) in [5, 5.41) is 12.6. The number of nitrogens with one attached hydrogen (secondary N) is 1. The number of anilines is 1. The highest BCUT2D eigenvalue weighted by atomic mass is 35.5. The summed E-state index contributed by atoms with van der Waals surface area (Å²) in [4.78, 5) is 12.4. The minimum atomic E-state index is -0.496. The van der Waals surface area contributed by atoms with Gasteiger partial charge in [-0.1, -0.05) is 31.0 Å². The molecule has 0 aliphatic heterocycles. The Morgan fingerprint density at radius 3 is 2.59 bits per heavy atom. The minimum Gasteiger partial charge on any atom is -0.493 e. The number of carbonyl (C=O) groups excluding carboxylic acids is 1. The number of rotatable bonds is 8. The highest BCUT2D eigenvalue weighted by molar-refractivity contribution is 6.30. The van der Waals surface area contributed by atoms with Crippen LogP contribution >= 0.6 is 11.6 Å². The first-order valence-corrected chi connectivity index (χ1v) is 8.94. The predicted octanol–water partition coefficient (Wildman–Crippen LogP) is 5.07. The summed E-state index contributed by atoms with van der Waals surface area (Å²) < 4.78 is 11.0. The van der Waals surface area contributed by atoms with Crippen LogP contribution in [0.25, 0.3) is 6.08 Å². The fourth-order valence-electron chi connectivity index (χ4n) is 2.27. The molecule has 2 aromatic rings. The van der Waals surface area contributed by atoms with Gasteiger partial charge < -0.3 is 14.8 Å². The summed E-state index contributed by atoms with van der Waals surface area (Å²) in [6, 6.07) is 13.9. The lowest BCUT2D eigenvalue weighted by atomic mass is 10.1. The Morgan fingerprint density at radius 2 is 1.96 bits per heavy atom. The number of nitriles is 1. The largest absolute Gasteiger partial charge is 0.493 e. The summed E-state index contributed by atoms with van der Waals surface area (Å²) in [6.07, 6.45) is 3.46. The zero-order valence-corrected chi connectivity index (χ0v) is 16.0. The van der Waals surface area contributed by atoms with Gasteiger partial charge in [0.2, 0.25) is 0 Å². The highest BCUT2D eigenvalue weighted by Gasteiger charge is 2.11. The van der Waals surface area contributed by atoms with E-state index in [2.05, 4.69) is 12.2 Å². The van der Waals surface area contributed by atoms with Crippen LogP contribution in [0.1, 0.15) is 25.3 Å². The van der Waals surface area contributed by atoms with Gasteiger partial charge in [-0.05, 0) is 54.5 Å². The van der Waals surface area contributed by atoms with Gasteiger partial charge in [0, 0.05) is 10.7 Å². The van der Waals surface area contributed by atoms with Gasteiger partial charge in [0.25, 0.3) is 5.91 Å². The Balaban J connectivity index is 2.20. The molecule has 140 valence electrons. The number of nitrogens with zero attached hydrogens (tertiary/aromatic N) is 1. The fraction of sp³-hybridized carbons (Fsp3) is 0.238. The lowest BCUT2D eigenvalue weighted by Gasteiger charge is -2.11. The molecule has 0 aliphatic carbocycles. The van der Waals surface area contributed by atoms with Crippen molar-refractivity contribution in [2.75, 3.05) is 19.0 Å². The maximum Gasteiger partial charge on any atom is 0.266 e. The lowest BCUT2D eigenvalue weighted by Crippen LogP contribution is -2.13. The molecule has 0 saturated carbocycles. The average molecular weight is 385 g/mol. The molecular formula is C21H21ClN2O3. The van der Waals surface area contributed by atoms with Gasteiger partial charge in [0.1, 0.15) is 11.6 Å². The van der Waals surface area contributed by atoms with Crippen molar-refractivity contribution in [1.29, 1.82) is 5.26 Å². The van der Waals surface area contributed by atoms with Crippen LogP contribution in [0.3, 0.4) is 0 Å². The first kappa shape index (κ1) is 20.3. The van der Waals surface area contributed by atoms with Crippen molar-refractivity contribution in [2.24, 2.45) is 0 Å². The summed E-state index contributed by atoms with van der Waals surface area (Å²) in [6.45, 7) is 2.65. The summed E-state index contributed by atoms with van der Waals surface area (Å²) >= 11 is 5.83. The van der Waals surface area contributed by atoms with Crippen LogP contribution in [0.4, 0.5) is 5.69 Å². The molecule has 0 fully saturated rings. The molecule has 27 heavy (non-hydrogen) atoms. The Morgan fingerprint density at radius 1 is 1.22 bits per heavy atom. The van der Waals surface area contributed by atoms with E-state index in [9.17, 15) is 10.1 Å². The monoisotopic (exact) mass is 384 g/mol. The second kappa shape index (κ2) is 10.2. The van der Waals surface area contributed by atoms with Crippen LogP contribution in [-0.4, -0.2) is 19.6 Å². The SMILES string of the molecule is CCCCOc1cc(/C=C(\C#N)C(=O)Nc2ccc(Cl)cc2)ccc1OC. The number of methoxy groups -OCH3 is 1.